The minimum absolute atomic E-state index is 0.133. The number of halogens is 1. The van der Waals surface area contributed by atoms with Gasteiger partial charge in [0.25, 0.3) is 0 Å². The summed E-state index contributed by atoms with van der Waals surface area (Å²) < 4.78 is 1.74. The number of nitrogens with one attached hydrogen (secondary N) is 2. The molecule has 138 valence electrons. The van der Waals surface area contributed by atoms with Crippen molar-refractivity contribution in [2.75, 3.05) is 16.4 Å². The van der Waals surface area contributed by atoms with Gasteiger partial charge in [-0.2, -0.15) is 0 Å². The van der Waals surface area contributed by atoms with Crippen LogP contribution >= 0.6 is 23.4 Å². The normalized spacial score (nSPS) is 10.4. The molecule has 0 spiro atoms. The molecule has 0 aliphatic rings. The molecule has 0 saturated carbocycles. The average Bonchev–Trinajstić information content (AvgIpc) is 3.10. The number of aromatic nitrogens is 4. The van der Waals surface area contributed by atoms with Gasteiger partial charge in [0.05, 0.1) is 16.5 Å². The Morgan fingerprint density at radius 2 is 2.07 bits per heavy atom. The van der Waals surface area contributed by atoms with E-state index < -0.39 is 0 Å². The van der Waals surface area contributed by atoms with E-state index in [2.05, 4.69) is 25.8 Å². The van der Waals surface area contributed by atoms with E-state index in [9.17, 15) is 9.59 Å². The first-order valence-electron chi connectivity index (χ1n) is 7.83. The lowest BCUT2D eigenvalue weighted by atomic mass is 10.2. The number of pyridine rings is 1. The van der Waals surface area contributed by atoms with Crippen molar-refractivity contribution in [2.45, 2.75) is 12.1 Å². The number of rotatable bonds is 6. The van der Waals surface area contributed by atoms with Gasteiger partial charge in [-0.3, -0.25) is 14.2 Å². The Hall–Kier alpha value is -2.91. The summed E-state index contributed by atoms with van der Waals surface area (Å²) in [6.45, 7) is 1.45. The van der Waals surface area contributed by atoms with Crippen molar-refractivity contribution < 1.29 is 9.59 Å². The zero-order valence-corrected chi connectivity index (χ0v) is 15.8. The average molecular weight is 403 g/mol. The number of thioether (sulfide) groups is 1. The van der Waals surface area contributed by atoms with Crippen molar-refractivity contribution in [3.63, 3.8) is 0 Å². The summed E-state index contributed by atoms with van der Waals surface area (Å²) in [4.78, 5) is 27.3. The summed E-state index contributed by atoms with van der Waals surface area (Å²) in [6.07, 6.45) is 3.01. The molecule has 2 N–H and O–H groups in total. The summed E-state index contributed by atoms with van der Waals surface area (Å²) in [5.41, 5.74) is 1.43. The molecule has 0 bridgehead atoms. The number of carbonyl (C=O) groups is 2. The van der Waals surface area contributed by atoms with Gasteiger partial charge in [0.15, 0.2) is 5.16 Å². The number of hydrogen-bond acceptors (Lipinski definition) is 6. The van der Waals surface area contributed by atoms with Crippen LogP contribution in [0.15, 0.2) is 54.1 Å². The van der Waals surface area contributed by atoms with Gasteiger partial charge in [0.2, 0.25) is 11.8 Å². The Bertz CT molecular complexity index is 960. The van der Waals surface area contributed by atoms with Crippen LogP contribution in [0.4, 0.5) is 11.5 Å². The maximum atomic E-state index is 12.1. The van der Waals surface area contributed by atoms with Crippen LogP contribution in [0.5, 0.6) is 0 Å². The zero-order valence-electron chi connectivity index (χ0n) is 14.2. The number of amides is 2. The maximum Gasteiger partial charge on any atom is 0.236 e. The number of anilines is 2. The highest BCUT2D eigenvalue weighted by Crippen LogP contribution is 2.22. The molecule has 0 radical (unpaired) electrons. The molecule has 2 aromatic heterocycles. The lowest BCUT2D eigenvalue weighted by molar-refractivity contribution is -0.114. The SMILES string of the molecule is CC(=O)Nc1cccc(-n2cnnc2SCC(=O)Nc2ccc(Cl)cn2)c1. The van der Waals surface area contributed by atoms with E-state index in [0.29, 0.717) is 21.7 Å². The lowest BCUT2D eigenvalue weighted by Crippen LogP contribution is -2.15. The third-order valence-electron chi connectivity index (χ3n) is 3.29. The summed E-state index contributed by atoms with van der Waals surface area (Å²) in [5.74, 6) is 0.179. The van der Waals surface area contributed by atoms with Crippen molar-refractivity contribution in [1.82, 2.24) is 19.7 Å². The lowest BCUT2D eigenvalue weighted by Gasteiger charge is -2.09. The van der Waals surface area contributed by atoms with Crippen molar-refractivity contribution >= 4 is 46.7 Å². The molecule has 0 aliphatic heterocycles. The van der Waals surface area contributed by atoms with Gasteiger partial charge in [-0.05, 0) is 30.3 Å². The minimum Gasteiger partial charge on any atom is -0.326 e. The smallest absolute Gasteiger partial charge is 0.236 e. The van der Waals surface area contributed by atoms with Crippen molar-refractivity contribution in [3.05, 3.63) is 53.9 Å². The first kappa shape index (κ1) is 18.9. The second-order valence-corrected chi connectivity index (χ2v) is 6.79. The van der Waals surface area contributed by atoms with Crippen LogP contribution in [0, 0.1) is 0 Å². The van der Waals surface area contributed by atoms with Crippen LogP contribution in [0.2, 0.25) is 5.02 Å². The molecule has 0 unspecified atom stereocenters. The predicted octanol–water partition coefficient (Wildman–Crippen LogP) is 3.00. The third-order valence-corrected chi connectivity index (χ3v) is 4.46. The van der Waals surface area contributed by atoms with Gasteiger partial charge in [0.1, 0.15) is 12.1 Å². The topological polar surface area (TPSA) is 102 Å². The molecule has 1 aromatic carbocycles. The highest BCUT2D eigenvalue weighted by atomic mass is 35.5. The Labute approximate surface area is 164 Å². The first-order valence-corrected chi connectivity index (χ1v) is 9.20. The van der Waals surface area contributed by atoms with Gasteiger partial charge in [0, 0.05) is 18.8 Å². The molecule has 0 fully saturated rings. The molecule has 8 nitrogen and oxygen atoms in total. The van der Waals surface area contributed by atoms with Gasteiger partial charge in [-0.1, -0.05) is 29.4 Å². The van der Waals surface area contributed by atoms with Crippen molar-refractivity contribution in [1.29, 1.82) is 0 Å². The third kappa shape index (κ3) is 5.28. The molecular weight excluding hydrogens is 388 g/mol. The fraction of sp³-hybridized carbons (Fsp3) is 0.118. The van der Waals surface area contributed by atoms with E-state index in [-0.39, 0.29) is 17.6 Å². The number of carbonyl (C=O) groups excluding carboxylic acids is 2. The fourth-order valence-electron chi connectivity index (χ4n) is 2.20. The molecule has 2 amide bonds. The highest BCUT2D eigenvalue weighted by molar-refractivity contribution is 7.99. The standard InChI is InChI=1S/C17H15ClN6O2S/c1-11(25)21-13-3-2-4-14(7-13)24-10-20-23-17(24)27-9-16(26)22-15-6-5-12(18)8-19-15/h2-8,10H,9H2,1H3,(H,21,25)(H,19,22,26). The molecule has 3 rings (SSSR count). The van der Waals surface area contributed by atoms with Crippen LogP contribution < -0.4 is 10.6 Å². The fourth-order valence-corrected chi connectivity index (χ4v) is 3.04. The van der Waals surface area contributed by atoms with Gasteiger partial charge >= 0.3 is 0 Å². The summed E-state index contributed by atoms with van der Waals surface area (Å²) >= 11 is 7.01. The Kier molecular flexibility index (Phi) is 6.05. The van der Waals surface area contributed by atoms with E-state index >= 15 is 0 Å². The molecule has 27 heavy (non-hydrogen) atoms. The molecule has 0 saturated heterocycles. The highest BCUT2D eigenvalue weighted by Gasteiger charge is 2.11. The number of nitrogens with zero attached hydrogens (tertiary/aromatic N) is 4. The number of hydrogen-bond donors (Lipinski definition) is 2. The molecular formula is C17H15ClN6O2S. The van der Waals surface area contributed by atoms with Crippen LogP contribution in [0.25, 0.3) is 5.69 Å². The monoisotopic (exact) mass is 402 g/mol. The molecule has 3 aromatic rings. The quantitative estimate of drug-likeness (QED) is 0.614. The second kappa shape index (κ2) is 8.65. The van der Waals surface area contributed by atoms with Gasteiger partial charge < -0.3 is 10.6 Å². The Morgan fingerprint density at radius 3 is 2.81 bits per heavy atom. The van der Waals surface area contributed by atoms with Crippen LogP contribution in [-0.2, 0) is 9.59 Å². The van der Waals surface area contributed by atoms with Crippen LogP contribution in [0.1, 0.15) is 6.92 Å². The molecule has 0 atom stereocenters. The van der Waals surface area contributed by atoms with Gasteiger partial charge in [-0.15, -0.1) is 10.2 Å². The maximum absolute atomic E-state index is 12.1. The van der Waals surface area contributed by atoms with Crippen molar-refractivity contribution in [2.24, 2.45) is 0 Å². The second-order valence-electron chi connectivity index (χ2n) is 5.41. The van der Waals surface area contributed by atoms with E-state index in [4.69, 9.17) is 11.6 Å². The minimum atomic E-state index is -0.226. The molecule has 2 heterocycles. The van der Waals surface area contributed by atoms with E-state index in [1.165, 1.54) is 24.9 Å². The molecule has 10 heteroatoms. The number of benzene rings is 1. The van der Waals surface area contributed by atoms with Crippen LogP contribution in [0.3, 0.4) is 0 Å². The largest absolute Gasteiger partial charge is 0.326 e. The van der Waals surface area contributed by atoms with E-state index in [1.54, 1.807) is 35.2 Å². The molecule has 0 aliphatic carbocycles. The van der Waals surface area contributed by atoms with Crippen molar-refractivity contribution in [3.8, 4) is 5.69 Å². The predicted molar refractivity (Wildman–Crippen MR) is 104 cm³/mol. The zero-order chi connectivity index (χ0) is 19.2. The first-order chi connectivity index (χ1) is 13.0. The van der Waals surface area contributed by atoms with E-state index in [1.807, 2.05) is 12.1 Å². The van der Waals surface area contributed by atoms with Gasteiger partial charge in [-0.25, -0.2) is 4.98 Å². The van der Waals surface area contributed by atoms with E-state index in [0.717, 1.165) is 5.69 Å². The Balaban J connectivity index is 1.66. The summed E-state index contributed by atoms with van der Waals surface area (Å²) in [7, 11) is 0. The van der Waals surface area contributed by atoms with Crippen LogP contribution in [-0.4, -0.2) is 37.3 Å². The summed E-state index contributed by atoms with van der Waals surface area (Å²) in [5, 5.41) is 14.4. The Morgan fingerprint density at radius 1 is 1.22 bits per heavy atom. The summed E-state index contributed by atoms with van der Waals surface area (Å²) in [6, 6.07) is 10.5.